The molecule has 1 aromatic heterocycles. The minimum absolute atomic E-state index is 0.0106. The third-order valence-electron chi connectivity index (χ3n) is 2.01. The first kappa shape index (κ1) is 10.7. The van der Waals surface area contributed by atoms with Crippen LogP contribution in [0.3, 0.4) is 0 Å². The Morgan fingerprint density at radius 3 is 2.71 bits per heavy atom. The summed E-state index contributed by atoms with van der Waals surface area (Å²) in [7, 11) is 0. The second-order valence-electron chi connectivity index (χ2n) is 3.20. The van der Waals surface area contributed by atoms with Crippen molar-refractivity contribution in [2.75, 3.05) is 6.54 Å². The van der Waals surface area contributed by atoms with E-state index in [1.165, 1.54) is 6.42 Å². The number of rotatable bonds is 5. The Morgan fingerprint density at radius 1 is 1.36 bits per heavy atom. The number of nitrogens with zero attached hydrogens (tertiary/aromatic N) is 1. The van der Waals surface area contributed by atoms with Crippen LogP contribution in [0.5, 0.6) is 0 Å². The summed E-state index contributed by atoms with van der Waals surface area (Å²) in [6, 6.07) is 3.43. The number of amides is 1. The first-order valence-electron chi connectivity index (χ1n) is 5.03. The van der Waals surface area contributed by atoms with E-state index in [9.17, 15) is 4.79 Å². The molecule has 1 N–H and O–H groups in total. The van der Waals surface area contributed by atoms with Crippen molar-refractivity contribution in [3.63, 3.8) is 0 Å². The van der Waals surface area contributed by atoms with E-state index < -0.39 is 0 Å². The highest BCUT2D eigenvalue weighted by Crippen LogP contribution is 1.96. The zero-order valence-electron chi connectivity index (χ0n) is 8.49. The Bertz CT molecular complexity index is 272. The highest BCUT2D eigenvalue weighted by atomic mass is 16.1. The molecule has 3 heteroatoms. The van der Waals surface area contributed by atoms with Gasteiger partial charge >= 0.3 is 0 Å². The smallest absolute Gasteiger partial charge is 0.251 e. The third kappa shape index (κ3) is 3.56. The van der Waals surface area contributed by atoms with Crippen LogP contribution in [0.15, 0.2) is 24.5 Å². The van der Waals surface area contributed by atoms with Crippen molar-refractivity contribution in [2.24, 2.45) is 0 Å². The van der Waals surface area contributed by atoms with E-state index in [0.29, 0.717) is 5.56 Å². The zero-order valence-corrected chi connectivity index (χ0v) is 8.49. The van der Waals surface area contributed by atoms with Crippen molar-refractivity contribution in [1.29, 1.82) is 0 Å². The predicted molar refractivity (Wildman–Crippen MR) is 56.1 cm³/mol. The van der Waals surface area contributed by atoms with E-state index in [0.717, 1.165) is 19.4 Å². The number of aromatic nitrogens is 1. The number of nitrogens with one attached hydrogen (secondary N) is 1. The molecule has 0 aromatic carbocycles. The van der Waals surface area contributed by atoms with Crippen LogP contribution >= 0.6 is 0 Å². The van der Waals surface area contributed by atoms with Gasteiger partial charge in [-0.05, 0) is 18.6 Å². The van der Waals surface area contributed by atoms with Crippen LogP contribution in [0, 0.1) is 0 Å². The third-order valence-corrected chi connectivity index (χ3v) is 2.01. The number of hydrogen-bond acceptors (Lipinski definition) is 2. The number of hydrogen-bond donors (Lipinski definition) is 1. The maximum absolute atomic E-state index is 11.5. The van der Waals surface area contributed by atoms with E-state index in [4.69, 9.17) is 0 Å². The van der Waals surface area contributed by atoms with Crippen molar-refractivity contribution >= 4 is 5.91 Å². The summed E-state index contributed by atoms with van der Waals surface area (Å²) < 4.78 is 0. The average molecular weight is 192 g/mol. The standard InChI is InChI=1S/C11H16N2O/c1-2-3-4-7-13-11(14)10-5-8-12-9-6-10/h5-6,8-9H,2-4,7H2,1H3,(H,13,14). The molecule has 1 heterocycles. The Balaban J connectivity index is 2.29. The Kier molecular flexibility index (Phi) is 4.69. The van der Waals surface area contributed by atoms with Gasteiger partial charge in [0.2, 0.25) is 0 Å². The summed E-state index contributed by atoms with van der Waals surface area (Å²) in [6.45, 7) is 2.90. The molecule has 1 aromatic rings. The highest BCUT2D eigenvalue weighted by Gasteiger charge is 2.02. The molecule has 3 nitrogen and oxygen atoms in total. The first-order valence-corrected chi connectivity index (χ1v) is 5.03. The van der Waals surface area contributed by atoms with E-state index >= 15 is 0 Å². The fourth-order valence-corrected chi connectivity index (χ4v) is 1.18. The van der Waals surface area contributed by atoms with Crippen LogP contribution in [0.1, 0.15) is 36.5 Å². The van der Waals surface area contributed by atoms with Crippen molar-refractivity contribution in [3.05, 3.63) is 30.1 Å². The Morgan fingerprint density at radius 2 is 2.07 bits per heavy atom. The van der Waals surface area contributed by atoms with Crippen LogP contribution in [0.4, 0.5) is 0 Å². The summed E-state index contributed by atoms with van der Waals surface area (Å²) in [5, 5.41) is 2.87. The number of pyridine rings is 1. The molecule has 0 saturated carbocycles. The molecular formula is C11H16N2O. The van der Waals surface area contributed by atoms with Gasteiger partial charge in [0.05, 0.1) is 0 Å². The second kappa shape index (κ2) is 6.13. The van der Waals surface area contributed by atoms with E-state index in [1.54, 1.807) is 24.5 Å². The predicted octanol–water partition coefficient (Wildman–Crippen LogP) is 2.00. The maximum atomic E-state index is 11.5. The first-order chi connectivity index (χ1) is 6.84. The molecule has 0 spiro atoms. The van der Waals surface area contributed by atoms with Crippen LogP contribution in [-0.2, 0) is 0 Å². The SMILES string of the molecule is CCCCCNC(=O)c1ccncc1. The molecule has 0 saturated heterocycles. The summed E-state index contributed by atoms with van der Waals surface area (Å²) >= 11 is 0. The van der Waals surface area contributed by atoms with Crippen molar-refractivity contribution in [2.45, 2.75) is 26.2 Å². The lowest BCUT2D eigenvalue weighted by Crippen LogP contribution is -2.24. The lowest BCUT2D eigenvalue weighted by Gasteiger charge is -2.03. The molecule has 76 valence electrons. The van der Waals surface area contributed by atoms with Crippen LogP contribution < -0.4 is 5.32 Å². The van der Waals surface area contributed by atoms with Gasteiger partial charge in [0.25, 0.3) is 5.91 Å². The van der Waals surface area contributed by atoms with Gasteiger partial charge in [0.1, 0.15) is 0 Å². The molecule has 1 rings (SSSR count). The van der Waals surface area contributed by atoms with Gasteiger partial charge in [-0.1, -0.05) is 19.8 Å². The largest absolute Gasteiger partial charge is 0.352 e. The monoisotopic (exact) mass is 192 g/mol. The van der Waals surface area contributed by atoms with E-state index in [2.05, 4.69) is 17.2 Å². The number of unbranched alkanes of at least 4 members (excludes halogenated alkanes) is 2. The van der Waals surface area contributed by atoms with Crippen molar-refractivity contribution in [3.8, 4) is 0 Å². The summed E-state index contributed by atoms with van der Waals surface area (Å²) in [5.74, 6) is -0.0106. The van der Waals surface area contributed by atoms with Crippen LogP contribution in [-0.4, -0.2) is 17.4 Å². The minimum Gasteiger partial charge on any atom is -0.352 e. The Hall–Kier alpha value is -1.38. The summed E-state index contributed by atoms with van der Waals surface area (Å²) in [5.41, 5.74) is 0.677. The van der Waals surface area contributed by atoms with Crippen molar-refractivity contribution < 1.29 is 4.79 Å². The van der Waals surface area contributed by atoms with Crippen molar-refractivity contribution in [1.82, 2.24) is 10.3 Å². The van der Waals surface area contributed by atoms with E-state index in [1.807, 2.05) is 0 Å². The van der Waals surface area contributed by atoms with Gasteiger partial charge in [-0.25, -0.2) is 0 Å². The molecule has 0 bridgehead atoms. The molecule has 0 atom stereocenters. The molecule has 0 aliphatic rings. The molecule has 1 amide bonds. The quantitative estimate of drug-likeness (QED) is 0.725. The van der Waals surface area contributed by atoms with Gasteiger partial charge < -0.3 is 5.32 Å². The lowest BCUT2D eigenvalue weighted by atomic mass is 10.2. The summed E-state index contributed by atoms with van der Waals surface area (Å²) in [6.07, 6.45) is 6.64. The highest BCUT2D eigenvalue weighted by molar-refractivity contribution is 5.93. The second-order valence-corrected chi connectivity index (χ2v) is 3.20. The van der Waals surface area contributed by atoms with Gasteiger partial charge in [0, 0.05) is 24.5 Å². The fourth-order valence-electron chi connectivity index (χ4n) is 1.18. The lowest BCUT2D eigenvalue weighted by molar-refractivity contribution is 0.0953. The number of carbonyl (C=O) groups excluding carboxylic acids is 1. The number of carbonyl (C=O) groups is 1. The average Bonchev–Trinajstić information content (AvgIpc) is 2.25. The van der Waals surface area contributed by atoms with Gasteiger partial charge in [-0.2, -0.15) is 0 Å². The zero-order chi connectivity index (χ0) is 10.2. The maximum Gasteiger partial charge on any atom is 0.251 e. The molecule has 0 unspecified atom stereocenters. The molecule has 0 aliphatic carbocycles. The molecule has 14 heavy (non-hydrogen) atoms. The topological polar surface area (TPSA) is 42.0 Å². The normalized spacial score (nSPS) is 9.79. The van der Waals surface area contributed by atoms with Crippen LogP contribution in [0.2, 0.25) is 0 Å². The van der Waals surface area contributed by atoms with E-state index in [-0.39, 0.29) is 5.91 Å². The molecule has 0 fully saturated rings. The van der Waals surface area contributed by atoms with Crippen LogP contribution in [0.25, 0.3) is 0 Å². The fraction of sp³-hybridized carbons (Fsp3) is 0.455. The molecule has 0 radical (unpaired) electrons. The summed E-state index contributed by atoms with van der Waals surface area (Å²) in [4.78, 5) is 15.3. The Labute approximate surface area is 84.6 Å². The molecule has 0 aliphatic heterocycles. The van der Waals surface area contributed by atoms with Gasteiger partial charge in [-0.15, -0.1) is 0 Å². The minimum atomic E-state index is -0.0106. The molecular weight excluding hydrogens is 176 g/mol. The van der Waals surface area contributed by atoms with Gasteiger partial charge in [-0.3, -0.25) is 9.78 Å². The van der Waals surface area contributed by atoms with Gasteiger partial charge in [0.15, 0.2) is 0 Å².